The van der Waals surface area contributed by atoms with Gasteiger partial charge in [0, 0.05) is 32.4 Å². The van der Waals surface area contributed by atoms with Crippen molar-refractivity contribution in [3.63, 3.8) is 0 Å². The van der Waals surface area contributed by atoms with Crippen LogP contribution in [0.15, 0.2) is 23.2 Å². The summed E-state index contributed by atoms with van der Waals surface area (Å²) >= 11 is 0. The zero-order valence-electron chi connectivity index (χ0n) is 18.1. The first kappa shape index (κ1) is 21.6. The highest BCUT2D eigenvalue weighted by molar-refractivity contribution is 5.80. The number of aromatic nitrogens is 2. The van der Waals surface area contributed by atoms with Crippen LogP contribution < -0.4 is 20.1 Å². The molecular formula is C21H33N5O2. The molecule has 0 aliphatic carbocycles. The third kappa shape index (κ3) is 5.41. The predicted octanol–water partition coefficient (Wildman–Crippen LogP) is 2.39. The Balaban J connectivity index is 1.91. The van der Waals surface area contributed by atoms with Gasteiger partial charge in [-0.2, -0.15) is 5.10 Å². The van der Waals surface area contributed by atoms with Gasteiger partial charge in [0.25, 0.3) is 0 Å². The number of aryl methyl sites for hydroxylation is 2. The molecule has 1 atom stereocenters. The van der Waals surface area contributed by atoms with Crippen molar-refractivity contribution < 1.29 is 9.47 Å². The molecule has 7 nitrogen and oxygen atoms in total. The fourth-order valence-electron chi connectivity index (χ4n) is 3.29. The number of methoxy groups -OCH3 is 2. The van der Waals surface area contributed by atoms with Crippen LogP contribution in [-0.4, -0.2) is 49.6 Å². The molecule has 0 amide bonds. The summed E-state index contributed by atoms with van der Waals surface area (Å²) in [5.74, 6) is 2.48. The Kier molecular flexibility index (Phi) is 7.72. The second kappa shape index (κ2) is 10.0. The highest BCUT2D eigenvalue weighted by atomic mass is 16.5. The Morgan fingerprint density at radius 2 is 2.00 bits per heavy atom. The SMILES string of the molecule is CN=C(NCCc1cc(OC)ccc1OC)NC(C)Cc1c(C)nn(C)c1C. The zero-order chi connectivity index (χ0) is 20.7. The molecule has 1 heterocycles. The third-order valence-electron chi connectivity index (χ3n) is 4.95. The molecule has 2 rings (SSSR count). The van der Waals surface area contributed by atoms with Gasteiger partial charge in [0.15, 0.2) is 5.96 Å². The van der Waals surface area contributed by atoms with Crippen LogP contribution in [0, 0.1) is 13.8 Å². The summed E-state index contributed by atoms with van der Waals surface area (Å²) in [5.41, 5.74) is 4.68. The van der Waals surface area contributed by atoms with Crippen molar-refractivity contribution in [3.8, 4) is 11.5 Å². The average Bonchev–Trinajstić information content (AvgIpc) is 2.92. The topological polar surface area (TPSA) is 72.7 Å². The van der Waals surface area contributed by atoms with Crippen LogP contribution >= 0.6 is 0 Å². The molecule has 0 saturated carbocycles. The Labute approximate surface area is 168 Å². The van der Waals surface area contributed by atoms with Gasteiger partial charge in [-0.05, 0) is 62.9 Å². The lowest BCUT2D eigenvalue weighted by Gasteiger charge is -2.18. The number of guanidine groups is 1. The molecule has 7 heteroatoms. The van der Waals surface area contributed by atoms with Crippen molar-refractivity contribution >= 4 is 5.96 Å². The van der Waals surface area contributed by atoms with Gasteiger partial charge in [-0.15, -0.1) is 0 Å². The number of ether oxygens (including phenoxy) is 2. The van der Waals surface area contributed by atoms with E-state index >= 15 is 0 Å². The van der Waals surface area contributed by atoms with Gasteiger partial charge in [-0.25, -0.2) is 0 Å². The number of hydrogen-bond donors (Lipinski definition) is 2. The van der Waals surface area contributed by atoms with Crippen LogP contribution in [0.3, 0.4) is 0 Å². The molecule has 0 spiro atoms. The monoisotopic (exact) mass is 387 g/mol. The molecule has 0 bridgehead atoms. The van der Waals surface area contributed by atoms with Gasteiger partial charge >= 0.3 is 0 Å². The molecule has 2 N–H and O–H groups in total. The van der Waals surface area contributed by atoms with Crippen molar-refractivity contribution in [2.45, 2.75) is 39.7 Å². The first-order chi connectivity index (χ1) is 13.4. The van der Waals surface area contributed by atoms with Gasteiger partial charge < -0.3 is 20.1 Å². The summed E-state index contributed by atoms with van der Waals surface area (Å²) < 4.78 is 12.7. The molecule has 0 aliphatic heterocycles. The summed E-state index contributed by atoms with van der Waals surface area (Å²) in [6.45, 7) is 7.06. The molecule has 1 aromatic carbocycles. The predicted molar refractivity (Wildman–Crippen MR) is 114 cm³/mol. The van der Waals surface area contributed by atoms with E-state index in [-0.39, 0.29) is 6.04 Å². The van der Waals surface area contributed by atoms with Crippen LogP contribution in [0.5, 0.6) is 11.5 Å². The largest absolute Gasteiger partial charge is 0.497 e. The average molecular weight is 388 g/mol. The molecular weight excluding hydrogens is 354 g/mol. The van der Waals surface area contributed by atoms with Crippen LogP contribution in [0.25, 0.3) is 0 Å². The van der Waals surface area contributed by atoms with E-state index in [1.165, 1.54) is 11.3 Å². The van der Waals surface area contributed by atoms with E-state index in [9.17, 15) is 0 Å². The minimum Gasteiger partial charge on any atom is -0.497 e. The van der Waals surface area contributed by atoms with E-state index in [1.807, 2.05) is 29.9 Å². The minimum absolute atomic E-state index is 0.235. The molecule has 0 saturated heterocycles. The number of rotatable bonds is 8. The Morgan fingerprint density at radius 1 is 1.25 bits per heavy atom. The van der Waals surface area contributed by atoms with E-state index in [0.29, 0.717) is 0 Å². The lowest BCUT2D eigenvalue weighted by Crippen LogP contribution is -2.43. The number of benzene rings is 1. The molecule has 0 radical (unpaired) electrons. The highest BCUT2D eigenvalue weighted by Crippen LogP contribution is 2.24. The fraction of sp³-hybridized carbons (Fsp3) is 0.524. The molecule has 1 unspecified atom stereocenters. The zero-order valence-corrected chi connectivity index (χ0v) is 18.1. The summed E-state index contributed by atoms with van der Waals surface area (Å²) in [4.78, 5) is 4.34. The quantitative estimate of drug-likeness (QED) is 0.538. The molecule has 154 valence electrons. The molecule has 28 heavy (non-hydrogen) atoms. The normalized spacial score (nSPS) is 12.6. The van der Waals surface area contributed by atoms with E-state index in [1.54, 1.807) is 21.3 Å². The summed E-state index contributed by atoms with van der Waals surface area (Å²) in [6.07, 6.45) is 1.70. The number of nitrogens with one attached hydrogen (secondary N) is 2. The first-order valence-corrected chi connectivity index (χ1v) is 9.56. The van der Waals surface area contributed by atoms with Crippen LogP contribution in [-0.2, 0) is 19.9 Å². The van der Waals surface area contributed by atoms with Crippen LogP contribution in [0.2, 0.25) is 0 Å². The van der Waals surface area contributed by atoms with Crippen molar-refractivity contribution in [2.75, 3.05) is 27.8 Å². The summed E-state index contributed by atoms with van der Waals surface area (Å²) in [5, 5.41) is 11.3. The van der Waals surface area contributed by atoms with Crippen LogP contribution in [0.1, 0.15) is 29.4 Å². The molecule has 2 aromatic rings. The maximum absolute atomic E-state index is 5.45. The Bertz CT molecular complexity index is 813. The molecule has 0 aliphatic rings. The van der Waals surface area contributed by atoms with Gasteiger partial charge in [0.1, 0.15) is 11.5 Å². The van der Waals surface area contributed by atoms with E-state index in [2.05, 4.69) is 41.5 Å². The van der Waals surface area contributed by atoms with Crippen molar-refractivity contribution in [1.29, 1.82) is 0 Å². The van der Waals surface area contributed by atoms with E-state index < -0.39 is 0 Å². The van der Waals surface area contributed by atoms with Crippen molar-refractivity contribution in [2.24, 2.45) is 12.0 Å². The maximum Gasteiger partial charge on any atom is 0.191 e. The second-order valence-corrected chi connectivity index (χ2v) is 6.95. The maximum atomic E-state index is 5.45. The van der Waals surface area contributed by atoms with Crippen molar-refractivity contribution in [3.05, 3.63) is 40.7 Å². The molecule has 0 fully saturated rings. The van der Waals surface area contributed by atoms with Gasteiger partial charge in [0.2, 0.25) is 0 Å². The number of hydrogen-bond acceptors (Lipinski definition) is 4. The minimum atomic E-state index is 0.235. The Hall–Kier alpha value is -2.70. The first-order valence-electron chi connectivity index (χ1n) is 9.56. The summed E-state index contributed by atoms with van der Waals surface area (Å²) in [6, 6.07) is 6.08. The Morgan fingerprint density at radius 3 is 2.57 bits per heavy atom. The fourth-order valence-corrected chi connectivity index (χ4v) is 3.29. The third-order valence-corrected chi connectivity index (χ3v) is 4.95. The van der Waals surface area contributed by atoms with E-state index in [4.69, 9.17) is 9.47 Å². The number of nitrogens with zero attached hydrogens (tertiary/aromatic N) is 3. The number of aliphatic imine (C=N–C) groups is 1. The van der Waals surface area contributed by atoms with E-state index in [0.717, 1.165) is 48.1 Å². The second-order valence-electron chi connectivity index (χ2n) is 6.95. The van der Waals surface area contributed by atoms with Crippen LogP contribution in [0.4, 0.5) is 0 Å². The summed E-state index contributed by atoms with van der Waals surface area (Å²) in [7, 11) is 7.12. The van der Waals surface area contributed by atoms with Gasteiger partial charge in [-0.1, -0.05) is 0 Å². The smallest absolute Gasteiger partial charge is 0.191 e. The highest BCUT2D eigenvalue weighted by Gasteiger charge is 2.14. The van der Waals surface area contributed by atoms with Crippen molar-refractivity contribution in [1.82, 2.24) is 20.4 Å². The lowest BCUT2D eigenvalue weighted by atomic mass is 10.1. The molecule has 1 aromatic heterocycles. The van der Waals surface area contributed by atoms with Gasteiger partial charge in [0.05, 0.1) is 19.9 Å². The van der Waals surface area contributed by atoms with Gasteiger partial charge in [-0.3, -0.25) is 9.67 Å². The lowest BCUT2D eigenvalue weighted by molar-refractivity contribution is 0.398. The standard InChI is InChI=1S/C21H33N5O2/c1-14(12-19-15(2)25-26(5)16(19)3)24-21(22-4)23-11-10-17-13-18(27-6)8-9-20(17)28-7/h8-9,13-14H,10-12H2,1-7H3,(H2,22,23,24).